The minimum Gasteiger partial charge on any atom is -0.483 e. The van der Waals surface area contributed by atoms with Gasteiger partial charge in [0.1, 0.15) is 5.75 Å². The number of rotatable bonds is 4. The summed E-state index contributed by atoms with van der Waals surface area (Å²) in [5.41, 5.74) is 3.12. The van der Waals surface area contributed by atoms with Crippen molar-refractivity contribution in [2.45, 2.75) is 20.4 Å². The minimum absolute atomic E-state index is 0.103. The summed E-state index contributed by atoms with van der Waals surface area (Å²) in [5, 5.41) is 0. The number of hydrogen-bond acceptors (Lipinski definition) is 3. The number of carbonyl (C=O) groups excluding carboxylic acids is 1. The van der Waals surface area contributed by atoms with Gasteiger partial charge in [-0.2, -0.15) is 4.99 Å². The van der Waals surface area contributed by atoms with E-state index in [2.05, 4.69) is 17.0 Å². The molecule has 25 heavy (non-hydrogen) atoms. The number of ether oxygens (including phenoxy) is 1. The van der Waals surface area contributed by atoms with Crippen LogP contribution in [0.15, 0.2) is 47.5 Å². The smallest absolute Gasteiger partial charge is 0.286 e. The van der Waals surface area contributed by atoms with Crippen LogP contribution in [0.25, 0.3) is 10.2 Å². The minimum atomic E-state index is -0.336. The van der Waals surface area contributed by atoms with Crippen LogP contribution < -0.4 is 9.54 Å². The second-order valence-corrected chi connectivity index (χ2v) is 6.71. The van der Waals surface area contributed by atoms with Crippen LogP contribution >= 0.6 is 11.3 Å². The second kappa shape index (κ2) is 7.37. The zero-order valence-corrected chi connectivity index (χ0v) is 15.0. The van der Waals surface area contributed by atoms with Crippen LogP contribution in [-0.4, -0.2) is 17.1 Å². The van der Waals surface area contributed by atoms with E-state index in [0.717, 1.165) is 21.3 Å². The van der Waals surface area contributed by atoms with Gasteiger partial charge in [-0.15, -0.1) is 6.42 Å². The quantitative estimate of drug-likeness (QED) is 0.677. The lowest BCUT2D eigenvalue weighted by atomic mass is 10.2. The molecule has 1 aromatic heterocycles. The van der Waals surface area contributed by atoms with Crippen molar-refractivity contribution in [1.82, 2.24) is 4.57 Å². The number of benzene rings is 2. The monoisotopic (exact) mass is 350 g/mol. The number of aromatic nitrogens is 1. The summed E-state index contributed by atoms with van der Waals surface area (Å²) in [6.07, 6.45) is 5.47. The molecule has 3 aromatic rings. The third-order valence-corrected chi connectivity index (χ3v) is 4.79. The van der Waals surface area contributed by atoms with Gasteiger partial charge in [0.2, 0.25) is 0 Å². The Labute approximate surface area is 150 Å². The Morgan fingerprint density at radius 3 is 2.84 bits per heavy atom. The van der Waals surface area contributed by atoms with Crippen molar-refractivity contribution in [2.24, 2.45) is 4.99 Å². The molecular formula is C20H18N2O2S. The standard InChI is InChI=1S/C20H18N2O2S/c1-4-11-22-16-10-9-14(2)12-18(16)25-20(22)21-19(23)13-24-17-8-6-5-7-15(17)3/h1,5-10,12H,11,13H2,2-3H3. The highest BCUT2D eigenvalue weighted by Crippen LogP contribution is 2.19. The van der Waals surface area contributed by atoms with Crippen molar-refractivity contribution in [2.75, 3.05) is 6.61 Å². The Morgan fingerprint density at radius 1 is 1.28 bits per heavy atom. The molecule has 2 aromatic carbocycles. The van der Waals surface area contributed by atoms with Crippen molar-refractivity contribution in [3.8, 4) is 18.1 Å². The molecule has 0 N–H and O–H groups in total. The fourth-order valence-corrected chi connectivity index (χ4v) is 3.65. The molecule has 0 bridgehead atoms. The zero-order valence-electron chi connectivity index (χ0n) is 14.2. The first kappa shape index (κ1) is 17.0. The molecule has 0 aliphatic rings. The lowest BCUT2D eigenvalue weighted by molar-refractivity contribution is -0.120. The van der Waals surface area contributed by atoms with Crippen molar-refractivity contribution < 1.29 is 9.53 Å². The van der Waals surface area contributed by atoms with Gasteiger partial charge in [0, 0.05) is 0 Å². The number of para-hydroxylation sites is 1. The number of thiazole rings is 1. The van der Waals surface area contributed by atoms with E-state index in [4.69, 9.17) is 11.2 Å². The van der Waals surface area contributed by atoms with Crippen molar-refractivity contribution in [1.29, 1.82) is 0 Å². The molecule has 0 atom stereocenters. The molecule has 0 saturated heterocycles. The normalized spacial score (nSPS) is 11.5. The average Bonchev–Trinajstić information content (AvgIpc) is 2.91. The van der Waals surface area contributed by atoms with Crippen LogP contribution in [0.2, 0.25) is 0 Å². The third kappa shape index (κ3) is 3.81. The van der Waals surface area contributed by atoms with Gasteiger partial charge in [0.25, 0.3) is 5.91 Å². The van der Waals surface area contributed by atoms with E-state index < -0.39 is 0 Å². The fraction of sp³-hybridized carbons (Fsp3) is 0.200. The predicted octanol–water partition coefficient (Wildman–Crippen LogP) is 3.46. The maximum absolute atomic E-state index is 12.2. The van der Waals surface area contributed by atoms with Crippen molar-refractivity contribution in [3.63, 3.8) is 0 Å². The Morgan fingerprint density at radius 2 is 2.08 bits per heavy atom. The molecule has 0 aliphatic heterocycles. The molecular weight excluding hydrogens is 332 g/mol. The van der Waals surface area contributed by atoms with Crippen LogP contribution in [0.5, 0.6) is 5.75 Å². The molecule has 1 heterocycles. The summed E-state index contributed by atoms with van der Waals surface area (Å²) in [7, 11) is 0. The lowest BCUT2D eigenvalue weighted by Gasteiger charge is -2.06. The number of amides is 1. The molecule has 0 spiro atoms. The fourth-order valence-electron chi connectivity index (χ4n) is 2.51. The maximum Gasteiger partial charge on any atom is 0.286 e. The van der Waals surface area contributed by atoms with Crippen LogP contribution in [-0.2, 0) is 11.3 Å². The molecule has 0 unspecified atom stereocenters. The summed E-state index contributed by atoms with van der Waals surface area (Å²) in [5.74, 6) is 2.98. The molecule has 1 amide bonds. The van der Waals surface area contributed by atoms with E-state index in [9.17, 15) is 4.79 Å². The molecule has 5 heteroatoms. The Kier molecular flexibility index (Phi) is 5.01. The number of hydrogen-bond donors (Lipinski definition) is 0. The van der Waals surface area contributed by atoms with E-state index in [1.54, 1.807) is 0 Å². The van der Waals surface area contributed by atoms with Crippen LogP contribution in [0.1, 0.15) is 11.1 Å². The third-order valence-electron chi connectivity index (χ3n) is 3.75. The summed E-state index contributed by atoms with van der Waals surface area (Å²) in [6, 6.07) is 13.7. The molecule has 0 saturated carbocycles. The summed E-state index contributed by atoms with van der Waals surface area (Å²) in [6.45, 7) is 4.23. The van der Waals surface area contributed by atoms with Gasteiger partial charge in [0.15, 0.2) is 11.4 Å². The first-order chi connectivity index (χ1) is 12.1. The highest BCUT2D eigenvalue weighted by atomic mass is 32.1. The second-order valence-electron chi connectivity index (χ2n) is 5.71. The van der Waals surface area contributed by atoms with E-state index in [1.807, 2.05) is 54.8 Å². The van der Waals surface area contributed by atoms with E-state index in [1.165, 1.54) is 11.3 Å². The first-order valence-electron chi connectivity index (χ1n) is 7.88. The van der Waals surface area contributed by atoms with Crippen molar-refractivity contribution in [3.05, 3.63) is 58.4 Å². The van der Waals surface area contributed by atoms with E-state index >= 15 is 0 Å². The van der Waals surface area contributed by atoms with Gasteiger partial charge in [-0.25, -0.2) is 0 Å². The maximum atomic E-state index is 12.2. The largest absolute Gasteiger partial charge is 0.483 e. The van der Waals surface area contributed by atoms with Gasteiger partial charge in [-0.1, -0.05) is 41.5 Å². The first-order valence-corrected chi connectivity index (χ1v) is 8.69. The van der Waals surface area contributed by atoms with Gasteiger partial charge >= 0.3 is 0 Å². The zero-order chi connectivity index (χ0) is 17.8. The SMILES string of the molecule is C#CCn1c(=NC(=O)COc2ccccc2C)sc2cc(C)ccc21. The highest BCUT2D eigenvalue weighted by Gasteiger charge is 2.08. The number of fused-ring (bicyclic) bond motifs is 1. The Hall–Kier alpha value is -2.84. The van der Waals surface area contributed by atoms with Gasteiger partial charge in [0.05, 0.1) is 16.8 Å². The predicted molar refractivity (Wildman–Crippen MR) is 101 cm³/mol. The molecule has 126 valence electrons. The number of nitrogens with zero attached hydrogens (tertiary/aromatic N) is 2. The number of aryl methyl sites for hydroxylation is 2. The van der Waals surface area contributed by atoms with Crippen molar-refractivity contribution >= 4 is 27.5 Å². The average molecular weight is 350 g/mol. The molecule has 0 aliphatic carbocycles. The van der Waals surface area contributed by atoms with E-state index in [0.29, 0.717) is 17.1 Å². The molecule has 0 radical (unpaired) electrons. The van der Waals surface area contributed by atoms with E-state index in [-0.39, 0.29) is 12.5 Å². The van der Waals surface area contributed by atoms with Gasteiger partial charge in [-0.3, -0.25) is 4.79 Å². The number of carbonyl (C=O) groups is 1. The van der Waals surface area contributed by atoms with Crippen LogP contribution in [0, 0.1) is 26.2 Å². The topological polar surface area (TPSA) is 43.6 Å². The molecule has 4 nitrogen and oxygen atoms in total. The Bertz CT molecular complexity index is 1040. The number of terminal acetylenes is 1. The molecule has 0 fully saturated rings. The summed E-state index contributed by atoms with van der Waals surface area (Å²) >= 11 is 1.46. The summed E-state index contributed by atoms with van der Waals surface area (Å²) in [4.78, 5) is 17.1. The lowest BCUT2D eigenvalue weighted by Crippen LogP contribution is -2.19. The summed E-state index contributed by atoms with van der Waals surface area (Å²) < 4.78 is 8.51. The van der Waals surface area contributed by atoms with Gasteiger partial charge < -0.3 is 9.30 Å². The van der Waals surface area contributed by atoms with Crippen LogP contribution in [0.3, 0.4) is 0 Å². The van der Waals surface area contributed by atoms with Crippen LogP contribution in [0.4, 0.5) is 0 Å². The molecule has 3 rings (SSSR count). The van der Waals surface area contributed by atoms with Gasteiger partial charge in [-0.05, 0) is 43.2 Å². The highest BCUT2D eigenvalue weighted by molar-refractivity contribution is 7.16. The Balaban J connectivity index is 1.89.